The Labute approximate surface area is 140 Å². The summed E-state index contributed by atoms with van der Waals surface area (Å²) in [5, 5.41) is 0. The predicted octanol–water partition coefficient (Wildman–Crippen LogP) is 6.43. The van der Waals surface area contributed by atoms with Gasteiger partial charge in [0.2, 0.25) is 0 Å². The van der Waals surface area contributed by atoms with Gasteiger partial charge in [0.1, 0.15) is 0 Å². The van der Waals surface area contributed by atoms with E-state index in [9.17, 15) is 0 Å². The van der Waals surface area contributed by atoms with Crippen LogP contribution in [0.5, 0.6) is 0 Å². The summed E-state index contributed by atoms with van der Waals surface area (Å²) in [6.45, 7) is 15.2. The summed E-state index contributed by atoms with van der Waals surface area (Å²) in [7, 11) is 0. The molecule has 0 bridgehead atoms. The molecule has 2 heteroatoms. The number of hydrogen-bond acceptors (Lipinski definition) is 2. The van der Waals surface area contributed by atoms with Gasteiger partial charge in [-0.3, -0.25) is 0 Å². The molecule has 22 heavy (non-hydrogen) atoms. The second-order valence-electron chi connectivity index (χ2n) is 7.11. The lowest BCUT2D eigenvalue weighted by molar-refractivity contribution is -0.180. The van der Waals surface area contributed by atoms with Gasteiger partial charge in [-0.2, -0.15) is 0 Å². The van der Waals surface area contributed by atoms with Crippen LogP contribution in [0.4, 0.5) is 0 Å². The van der Waals surface area contributed by atoms with Crippen LogP contribution in [0, 0.1) is 17.8 Å². The molecule has 0 aliphatic rings. The molecule has 134 valence electrons. The Bertz CT molecular complexity index is 208. The van der Waals surface area contributed by atoms with Crippen LogP contribution in [0.15, 0.2) is 0 Å². The van der Waals surface area contributed by atoms with E-state index < -0.39 is 0 Å². The van der Waals surface area contributed by atoms with E-state index >= 15 is 0 Å². The fraction of sp³-hybridized carbons (Fsp3) is 1.00. The number of rotatable bonds is 15. The average molecular weight is 315 g/mol. The van der Waals surface area contributed by atoms with Crippen LogP contribution in [0.1, 0.15) is 92.9 Å². The third kappa shape index (κ3) is 10.6. The smallest absolute Gasteiger partial charge is 0.159 e. The molecule has 2 nitrogen and oxygen atoms in total. The van der Waals surface area contributed by atoms with Crippen molar-refractivity contribution in [1.82, 2.24) is 0 Å². The van der Waals surface area contributed by atoms with Crippen LogP contribution < -0.4 is 0 Å². The molecule has 0 amide bonds. The minimum atomic E-state index is -0.0358. The van der Waals surface area contributed by atoms with Gasteiger partial charge < -0.3 is 9.47 Å². The molecule has 0 saturated heterocycles. The molecular weight excluding hydrogens is 272 g/mol. The monoisotopic (exact) mass is 314 g/mol. The van der Waals surface area contributed by atoms with E-state index in [1.54, 1.807) is 0 Å². The van der Waals surface area contributed by atoms with Gasteiger partial charge in [-0.1, -0.05) is 80.1 Å². The van der Waals surface area contributed by atoms with Gasteiger partial charge in [-0.05, 0) is 24.7 Å². The lowest BCUT2D eigenvalue weighted by atomic mass is 10.00. The second-order valence-corrected chi connectivity index (χ2v) is 7.11. The molecule has 2 unspecified atom stereocenters. The Morgan fingerprint density at radius 3 is 1.36 bits per heavy atom. The zero-order valence-corrected chi connectivity index (χ0v) is 16.2. The van der Waals surface area contributed by atoms with E-state index in [4.69, 9.17) is 9.47 Å². The summed E-state index contributed by atoms with van der Waals surface area (Å²) in [6, 6.07) is 0. The molecule has 0 aliphatic carbocycles. The fourth-order valence-corrected chi connectivity index (χ4v) is 2.69. The Kier molecular flexibility index (Phi) is 14.5. The molecule has 0 heterocycles. The molecular formula is C20H42O2. The molecule has 0 spiro atoms. The quantitative estimate of drug-likeness (QED) is 0.324. The van der Waals surface area contributed by atoms with Crippen molar-refractivity contribution in [2.45, 2.75) is 99.2 Å². The minimum absolute atomic E-state index is 0.0358. The molecule has 2 atom stereocenters. The van der Waals surface area contributed by atoms with Crippen LogP contribution in [0.2, 0.25) is 0 Å². The summed E-state index contributed by atoms with van der Waals surface area (Å²) >= 11 is 0. The van der Waals surface area contributed by atoms with Gasteiger partial charge in [0.15, 0.2) is 6.29 Å². The zero-order chi connectivity index (χ0) is 16.8. The molecule has 0 aliphatic heterocycles. The van der Waals surface area contributed by atoms with Crippen molar-refractivity contribution in [3.63, 3.8) is 0 Å². The normalized spacial score (nSPS) is 16.0. The molecule has 0 fully saturated rings. The van der Waals surface area contributed by atoms with Crippen LogP contribution in [-0.4, -0.2) is 19.5 Å². The maximum absolute atomic E-state index is 6.13. The van der Waals surface area contributed by atoms with Crippen molar-refractivity contribution < 1.29 is 9.47 Å². The van der Waals surface area contributed by atoms with Crippen molar-refractivity contribution in [1.29, 1.82) is 0 Å². The maximum atomic E-state index is 6.13. The van der Waals surface area contributed by atoms with Gasteiger partial charge in [-0.25, -0.2) is 0 Å². The summed E-state index contributed by atoms with van der Waals surface area (Å²) in [4.78, 5) is 0. The molecule has 0 aromatic carbocycles. The summed E-state index contributed by atoms with van der Waals surface area (Å²) < 4.78 is 12.3. The van der Waals surface area contributed by atoms with E-state index in [0.717, 1.165) is 13.2 Å². The molecule has 0 aromatic heterocycles. The summed E-state index contributed by atoms with van der Waals surface area (Å²) in [5.74, 6) is 1.80. The zero-order valence-electron chi connectivity index (χ0n) is 16.2. The third-order valence-corrected chi connectivity index (χ3v) is 4.62. The Hall–Kier alpha value is -0.0800. The SMILES string of the molecule is CCCCC(CC)COC(OCC(CC)CCCC)C(C)C. The van der Waals surface area contributed by atoms with Crippen molar-refractivity contribution in [2.24, 2.45) is 17.8 Å². The van der Waals surface area contributed by atoms with Gasteiger partial charge in [-0.15, -0.1) is 0 Å². The van der Waals surface area contributed by atoms with Crippen molar-refractivity contribution in [3.05, 3.63) is 0 Å². The highest BCUT2D eigenvalue weighted by Crippen LogP contribution is 2.19. The number of hydrogen-bond donors (Lipinski definition) is 0. The molecule has 0 N–H and O–H groups in total. The third-order valence-electron chi connectivity index (χ3n) is 4.62. The lowest BCUT2D eigenvalue weighted by Gasteiger charge is -2.26. The standard InChI is InChI=1S/C20H42O2/c1-7-11-13-18(9-3)15-21-20(17(5)6)22-16-19(10-4)14-12-8-2/h17-20H,7-16H2,1-6H3. The number of ether oxygens (including phenoxy) is 2. The predicted molar refractivity (Wildman–Crippen MR) is 97.1 cm³/mol. The topological polar surface area (TPSA) is 18.5 Å². The molecule has 0 aromatic rings. The maximum Gasteiger partial charge on any atom is 0.159 e. The van der Waals surface area contributed by atoms with E-state index in [2.05, 4.69) is 41.5 Å². The van der Waals surface area contributed by atoms with Gasteiger partial charge in [0.25, 0.3) is 0 Å². The van der Waals surface area contributed by atoms with Crippen LogP contribution in [0.25, 0.3) is 0 Å². The highest BCUT2D eigenvalue weighted by Gasteiger charge is 2.18. The first kappa shape index (κ1) is 21.9. The van der Waals surface area contributed by atoms with E-state index in [1.165, 1.54) is 51.4 Å². The first-order valence-electron chi connectivity index (χ1n) is 9.81. The summed E-state index contributed by atoms with van der Waals surface area (Å²) in [5.41, 5.74) is 0. The first-order valence-corrected chi connectivity index (χ1v) is 9.81. The molecule has 0 radical (unpaired) electrons. The van der Waals surface area contributed by atoms with Crippen LogP contribution in [0.3, 0.4) is 0 Å². The highest BCUT2D eigenvalue weighted by molar-refractivity contribution is 4.61. The van der Waals surface area contributed by atoms with E-state index in [-0.39, 0.29) is 6.29 Å². The van der Waals surface area contributed by atoms with Crippen molar-refractivity contribution in [3.8, 4) is 0 Å². The van der Waals surface area contributed by atoms with Gasteiger partial charge in [0, 0.05) is 5.92 Å². The minimum Gasteiger partial charge on any atom is -0.352 e. The van der Waals surface area contributed by atoms with Crippen LogP contribution in [-0.2, 0) is 9.47 Å². The highest BCUT2D eigenvalue weighted by atomic mass is 16.7. The van der Waals surface area contributed by atoms with Crippen molar-refractivity contribution >= 4 is 0 Å². The van der Waals surface area contributed by atoms with Crippen LogP contribution >= 0.6 is 0 Å². The van der Waals surface area contributed by atoms with Crippen molar-refractivity contribution in [2.75, 3.05) is 13.2 Å². The summed E-state index contributed by atoms with van der Waals surface area (Å²) in [6.07, 6.45) is 10.1. The first-order chi connectivity index (χ1) is 10.6. The fourth-order valence-electron chi connectivity index (χ4n) is 2.69. The van der Waals surface area contributed by atoms with E-state index in [1.807, 2.05) is 0 Å². The Morgan fingerprint density at radius 2 is 1.09 bits per heavy atom. The number of unbranched alkanes of at least 4 members (excludes halogenated alkanes) is 2. The lowest BCUT2D eigenvalue weighted by Crippen LogP contribution is -2.28. The van der Waals surface area contributed by atoms with Gasteiger partial charge in [0.05, 0.1) is 13.2 Å². The molecule has 0 saturated carbocycles. The Morgan fingerprint density at radius 1 is 0.682 bits per heavy atom. The average Bonchev–Trinajstić information content (AvgIpc) is 2.52. The van der Waals surface area contributed by atoms with Gasteiger partial charge >= 0.3 is 0 Å². The molecule has 0 rings (SSSR count). The Balaban J connectivity index is 4.18. The second kappa shape index (κ2) is 14.5. The van der Waals surface area contributed by atoms with E-state index in [0.29, 0.717) is 17.8 Å². The largest absolute Gasteiger partial charge is 0.352 e.